The van der Waals surface area contributed by atoms with Gasteiger partial charge in [0.25, 0.3) is 0 Å². The average Bonchev–Trinajstić information content (AvgIpc) is 2.31. The lowest BCUT2D eigenvalue weighted by Gasteiger charge is -1.97. The van der Waals surface area contributed by atoms with Crippen LogP contribution in [0.4, 0.5) is 0 Å². The molecule has 0 fully saturated rings. The van der Waals surface area contributed by atoms with Gasteiger partial charge in [-0.05, 0) is 32.1 Å². The molecule has 0 spiro atoms. The van der Waals surface area contributed by atoms with Crippen molar-refractivity contribution in [2.75, 3.05) is 0 Å². The van der Waals surface area contributed by atoms with Crippen LogP contribution >= 0.6 is 0 Å². The molecule has 0 aromatic rings. The first-order valence-electron chi connectivity index (χ1n) is 6.84. The van der Waals surface area contributed by atoms with Crippen molar-refractivity contribution >= 4 is 0 Å². The van der Waals surface area contributed by atoms with E-state index in [0.29, 0.717) is 0 Å². The van der Waals surface area contributed by atoms with Gasteiger partial charge in [0.1, 0.15) is 0 Å². The third-order valence-corrected chi connectivity index (χ3v) is 2.62. The molecule has 0 atom stereocenters. The molecule has 0 aliphatic heterocycles. The highest BCUT2D eigenvalue weighted by molar-refractivity contribution is 5.02. The molecule has 0 radical (unpaired) electrons. The summed E-state index contributed by atoms with van der Waals surface area (Å²) in [7, 11) is 0. The van der Waals surface area contributed by atoms with Crippen molar-refractivity contribution in [2.45, 2.75) is 64.7 Å². The Kier molecular flexibility index (Phi) is 13.5. The van der Waals surface area contributed by atoms with Crippen molar-refractivity contribution < 1.29 is 0 Å². The third kappa shape index (κ3) is 13.2. The lowest BCUT2D eigenvalue weighted by atomic mass is 10.1. The monoisotopic (exact) mass is 220 g/mol. The summed E-state index contributed by atoms with van der Waals surface area (Å²) in [6, 6.07) is 0. The molecule has 0 heterocycles. The second-order valence-corrected chi connectivity index (χ2v) is 4.28. The molecule has 0 rings (SSSR count). The summed E-state index contributed by atoms with van der Waals surface area (Å²) >= 11 is 0. The fourth-order valence-electron chi connectivity index (χ4n) is 1.60. The number of rotatable bonds is 11. The van der Waals surface area contributed by atoms with E-state index in [-0.39, 0.29) is 0 Å². The molecule has 0 bridgehead atoms. The molecule has 0 saturated heterocycles. The van der Waals surface area contributed by atoms with E-state index in [0.717, 1.165) is 0 Å². The Labute approximate surface area is 102 Å². The van der Waals surface area contributed by atoms with Gasteiger partial charge in [-0.3, -0.25) is 0 Å². The number of hydrogen-bond donors (Lipinski definition) is 0. The minimum Gasteiger partial charge on any atom is -0.103 e. The highest BCUT2D eigenvalue weighted by Gasteiger charge is 1.87. The van der Waals surface area contributed by atoms with E-state index in [9.17, 15) is 0 Å². The molecule has 0 aromatic heterocycles. The number of unbranched alkanes of at least 4 members (excludes halogenated alkanes) is 7. The van der Waals surface area contributed by atoms with Crippen LogP contribution in [0.2, 0.25) is 0 Å². The first-order chi connectivity index (χ1) is 7.91. The molecule has 92 valence electrons. The Morgan fingerprint density at radius 3 is 1.94 bits per heavy atom. The zero-order valence-corrected chi connectivity index (χ0v) is 11.0. The molecule has 0 saturated carbocycles. The van der Waals surface area contributed by atoms with Gasteiger partial charge in [0.15, 0.2) is 0 Å². The summed E-state index contributed by atoms with van der Waals surface area (Å²) < 4.78 is 0. The molecule has 0 N–H and O–H groups in total. The predicted octanol–water partition coefficient (Wildman–Crippen LogP) is 5.82. The molecule has 0 unspecified atom stereocenters. The Balaban J connectivity index is 3.11. The van der Waals surface area contributed by atoms with Crippen LogP contribution in [0.25, 0.3) is 0 Å². The van der Waals surface area contributed by atoms with Crippen LogP contribution in [0.1, 0.15) is 64.7 Å². The Bertz CT molecular complexity index is 186. The molecule has 0 aliphatic rings. The highest BCUT2D eigenvalue weighted by Crippen LogP contribution is 2.07. The molecular weight excluding hydrogens is 192 g/mol. The van der Waals surface area contributed by atoms with Gasteiger partial charge < -0.3 is 0 Å². The van der Waals surface area contributed by atoms with Gasteiger partial charge in [-0.2, -0.15) is 0 Å². The summed E-state index contributed by atoms with van der Waals surface area (Å²) in [6.45, 7) is 5.94. The molecular formula is C16H28. The van der Waals surface area contributed by atoms with Crippen LogP contribution in [0.3, 0.4) is 0 Å². The zero-order valence-electron chi connectivity index (χ0n) is 11.0. The average molecular weight is 220 g/mol. The minimum atomic E-state index is 1.18. The van der Waals surface area contributed by atoms with Gasteiger partial charge in [-0.1, -0.05) is 63.0 Å². The van der Waals surface area contributed by atoms with Crippen molar-refractivity contribution in [1.29, 1.82) is 0 Å². The van der Waals surface area contributed by atoms with Crippen molar-refractivity contribution in [2.24, 2.45) is 0 Å². The van der Waals surface area contributed by atoms with Crippen LogP contribution in [0, 0.1) is 0 Å². The van der Waals surface area contributed by atoms with Crippen LogP contribution in [0.15, 0.2) is 37.0 Å². The van der Waals surface area contributed by atoms with E-state index in [1.165, 1.54) is 57.8 Å². The Morgan fingerprint density at radius 2 is 1.31 bits per heavy atom. The van der Waals surface area contributed by atoms with Crippen molar-refractivity contribution in [3.63, 3.8) is 0 Å². The fraction of sp³-hybridized carbons (Fsp3) is 0.625. The topological polar surface area (TPSA) is 0 Å². The van der Waals surface area contributed by atoms with E-state index >= 15 is 0 Å². The largest absolute Gasteiger partial charge is 0.103 e. The van der Waals surface area contributed by atoms with Gasteiger partial charge in [0, 0.05) is 0 Å². The SMILES string of the molecule is C=CCCCCCCCC=CC=CCCC. The van der Waals surface area contributed by atoms with E-state index in [1.807, 2.05) is 6.08 Å². The first kappa shape index (κ1) is 15.2. The summed E-state index contributed by atoms with van der Waals surface area (Å²) in [5.74, 6) is 0. The summed E-state index contributed by atoms with van der Waals surface area (Å²) in [5, 5.41) is 0. The summed E-state index contributed by atoms with van der Waals surface area (Å²) in [5.41, 5.74) is 0. The Hall–Kier alpha value is -0.780. The lowest BCUT2D eigenvalue weighted by Crippen LogP contribution is -1.77. The summed E-state index contributed by atoms with van der Waals surface area (Å²) in [4.78, 5) is 0. The predicted molar refractivity (Wildman–Crippen MR) is 75.7 cm³/mol. The van der Waals surface area contributed by atoms with E-state index in [4.69, 9.17) is 0 Å². The maximum Gasteiger partial charge on any atom is -0.0348 e. The van der Waals surface area contributed by atoms with Crippen LogP contribution in [0.5, 0.6) is 0 Å². The molecule has 0 amide bonds. The minimum absolute atomic E-state index is 1.18. The standard InChI is InChI=1S/C16H28/c1-3-5-7-9-11-13-15-16-14-12-10-8-6-4-2/h3,8,10,12,14H,1,4-7,9,11,13,15-16H2,2H3. The molecule has 0 aromatic carbocycles. The first-order valence-corrected chi connectivity index (χ1v) is 6.84. The quantitative estimate of drug-likeness (QED) is 0.234. The van der Waals surface area contributed by atoms with Gasteiger partial charge in [0.2, 0.25) is 0 Å². The van der Waals surface area contributed by atoms with Gasteiger partial charge in [-0.25, -0.2) is 0 Å². The second kappa shape index (κ2) is 14.2. The van der Waals surface area contributed by atoms with Crippen LogP contribution in [-0.4, -0.2) is 0 Å². The fourth-order valence-corrected chi connectivity index (χ4v) is 1.60. The van der Waals surface area contributed by atoms with E-state index in [2.05, 4.69) is 37.8 Å². The van der Waals surface area contributed by atoms with E-state index < -0.39 is 0 Å². The smallest absolute Gasteiger partial charge is 0.0348 e. The number of allylic oxidation sites excluding steroid dienone is 5. The van der Waals surface area contributed by atoms with Crippen molar-refractivity contribution in [3.8, 4) is 0 Å². The highest BCUT2D eigenvalue weighted by atomic mass is 13.9. The van der Waals surface area contributed by atoms with Crippen LogP contribution in [-0.2, 0) is 0 Å². The van der Waals surface area contributed by atoms with Crippen molar-refractivity contribution in [1.82, 2.24) is 0 Å². The van der Waals surface area contributed by atoms with Gasteiger partial charge in [0.05, 0.1) is 0 Å². The molecule has 0 nitrogen and oxygen atoms in total. The molecule has 0 heteroatoms. The van der Waals surface area contributed by atoms with Crippen LogP contribution < -0.4 is 0 Å². The van der Waals surface area contributed by atoms with Gasteiger partial charge >= 0.3 is 0 Å². The maximum atomic E-state index is 3.73. The third-order valence-electron chi connectivity index (χ3n) is 2.62. The normalized spacial score (nSPS) is 11.6. The zero-order chi connectivity index (χ0) is 11.9. The lowest BCUT2D eigenvalue weighted by molar-refractivity contribution is 0.622. The Morgan fingerprint density at radius 1 is 0.750 bits per heavy atom. The molecule has 16 heavy (non-hydrogen) atoms. The number of hydrogen-bond acceptors (Lipinski definition) is 0. The summed E-state index contributed by atoms with van der Waals surface area (Å²) in [6.07, 6.45) is 22.6. The van der Waals surface area contributed by atoms with Gasteiger partial charge in [-0.15, -0.1) is 6.58 Å². The van der Waals surface area contributed by atoms with Crippen molar-refractivity contribution in [3.05, 3.63) is 37.0 Å². The van der Waals surface area contributed by atoms with E-state index in [1.54, 1.807) is 0 Å². The maximum absolute atomic E-state index is 3.73. The second-order valence-electron chi connectivity index (χ2n) is 4.28. The molecule has 0 aliphatic carbocycles.